The summed E-state index contributed by atoms with van der Waals surface area (Å²) in [4.78, 5) is 25.2. The quantitative estimate of drug-likeness (QED) is 0.172. The van der Waals surface area contributed by atoms with E-state index in [4.69, 9.17) is 16.3 Å². The molecule has 0 radical (unpaired) electrons. The molecular weight excluding hydrogens is 539 g/mol. The normalized spacial score (nSPS) is 11.4. The fraction of sp³-hybridized carbons (Fsp3) is 0.160. The Morgan fingerprint density at radius 1 is 1.00 bits per heavy atom. The van der Waals surface area contributed by atoms with E-state index in [-0.39, 0.29) is 5.78 Å². The van der Waals surface area contributed by atoms with Crippen molar-refractivity contribution in [1.82, 2.24) is 5.43 Å². The van der Waals surface area contributed by atoms with Crippen LogP contribution in [0.2, 0.25) is 5.02 Å². The maximum atomic E-state index is 12.6. The van der Waals surface area contributed by atoms with Gasteiger partial charge in [-0.25, -0.2) is 5.43 Å². The topological polar surface area (TPSA) is 67.8 Å². The number of hydrogen-bond donors (Lipinski definition) is 1. The van der Waals surface area contributed by atoms with Gasteiger partial charge in [-0.1, -0.05) is 29.8 Å². The van der Waals surface area contributed by atoms with Gasteiger partial charge in [-0.3, -0.25) is 9.59 Å². The minimum absolute atomic E-state index is 0.120. The van der Waals surface area contributed by atoms with E-state index in [0.29, 0.717) is 21.9 Å². The molecule has 0 heterocycles. The predicted molar refractivity (Wildman–Crippen MR) is 136 cm³/mol. The summed E-state index contributed by atoms with van der Waals surface area (Å²) in [6, 6.07) is 19.3. The largest absolute Gasteiger partial charge is 0.478 e. The molecule has 0 bridgehead atoms. The molecule has 0 aromatic heterocycles. The second kappa shape index (κ2) is 10.3. The summed E-state index contributed by atoms with van der Waals surface area (Å²) < 4.78 is 6.93. The number of hydrazone groups is 1. The Labute approximate surface area is 206 Å². The number of benzene rings is 3. The van der Waals surface area contributed by atoms with Gasteiger partial charge in [-0.2, -0.15) is 5.10 Å². The second-order valence-corrected chi connectivity index (χ2v) is 9.17. The zero-order valence-corrected chi connectivity index (χ0v) is 20.8. The molecular formula is C25H22ClIN2O3. The molecule has 0 saturated carbocycles. The van der Waals surface area contributed by atoms with Crippen LogP contribution in [0.5, 0.6) is 5.75 Å². The van der Waals surface area contributed by atoms with E-state index in [9.17, 15) is 9.59 Å². The third-order valence-electron chi connectivity index (χ3n) is 4.73. The highest BCUT2D eigenvalue weighted by atomic mass is 127. The van der Waals surface area contributed by atoms with Crippen LogP contribution in [0.25, 0.3) is 0 Å². The Bertz CT molecular complexity index is 1160. The van der Waals surface area contributed by atoms with E-state index in [1.54, 1.807) is 68.6 Å². The monoisotopic (exact) mass is 560 g/mol. The van der Waals surface area contributed by atoms with Crippen LogP contribution in [0.1, 0.15) is 40.9 Å². The summed E-state index contributed by atoms with van der Waals surface area (Å²) in [7, 11) is 0. The molecule has 0 fully saturated rings. The smallest absolute Gasteiger partial charge is 0.283 e. The Hall–Kier alpha value is -2.71. The summed E-state index contributed by atoms with van der Waals surface area (Å²) >= 11 is 8.12. The lowest BCUT2D eigenvalue weighted by atomic mass is 10.0. The Kier molecular flexibility index (Phi) is 7.69. The lowest BCUT2D eigenvalue weighted by Gasteiger charge is -2.24. The van der Waals surface area contributed by atoms with Crippen molar-refractivity contribution in [3.63, 3.8) is 0 Å². The molecule has 32 heavy (non-hydrogen) atoms. The third kappa shape index (κ3) is 5.95. The Morgan fingerprint density at radius 2 is 1.59 bits per heavy atom. The van der Waals surface area contributed by atoms with Gasteiger partial charge in [0, 0.05) is 25.3 Å². The third-order valence-corrected chi connectivity index (χ3v) is 6.46. The molecule has 1 amide bonds. The van der Waals surface area contributed by atoms with Crippen LogP contribution < -0.4 is 10.2 Å². The number of carbonyl (C=O) groups is 2. The molecule has 3 aromatic carbocycles. The summed E-state index contributed by atoms with van der Waals surface area (Å²) in [6.07, 6.45) is 1.61. The minimum Gasteiger partial charge on any atom is -0.478 e. The Balaban J connectivity index is 1.63. The number of aryl methyl sites for hydroxylation is 1. The molecule has 0 atom stereocenters. The van der Waals surface area contributed by atoms with Crippen LogP contribution >= 0.6 is 34.2 Å². The fourth-order valence-electron chi connectivity index (χ4n) is 2.85. The van der Waals surface area contributed by atoms with Crippen LogP contribution in [-0.2, 0) is 4.79 Å². The van der Waals surface area contributed by atoms with E-state index in [1.807, 2.05) is 25.1 Å². The van der Waals surface area contributed by atoms with Crippen molar-refractivity contribution in [2.45, 2.75) is 26.4 Å². The molecule has 5 nitrogen and oxygen atoms in total. The van der Waals surface area contributed by atoms with E-state index >= 15 is 0 Å². The fourth-order valence-corrected chi connectivity index (χ4v) is 3.47. The summed E-state index contributed by atoms with van der Waals surface area (Å²) in [5, 5.41) is 4.64. The Morgan fingerprint density at radius 3 is 2.22 bits per heavy atom. The van der Waals surface area contributed by atoms with Crippen LogP contribution in [0.4, 0.5) is 0 Å². The van der Waals surface area contributed by atoms with E-state index < -0.39 is 11.5 Å². The first kappa shape index (κ1) is 23.9. The molecule has 164 valence electrons. The zero-order chi connectivity index (χ0) is 23.3. The van der Waals surface area contributed by atoms with Gasteiger partial charge in [0.2, 0.25) is 0 Å². The standard InChI is InChI=1S/C25H22ClIN2O3/c1-16-5-4-6-19(22(16)27)15-28-29-24(31)25(2,3)32-21-13-9-18(10-14-21)23(30)17-7-11-20(26)12-8-17/h4-15H,1-3H3,(H,29,31)/b28-15+. The number of carbonyl (C=O) groups excluding carboxylic acids is 2. The molecule has 3 aromatic rings. The van der Waals surface area contributed by atoms with Gasteiger partial charge in [-0.05, 0) is 97.5 Å². The first-order valence-corrected chi connectivity index (χ1v) is 11.3. The van der Waals surface area contributed by atoms with Gasteiger partial charge in [0.15, 0.2) is 11.4 Å². The van der Waals surface area contributed by atoms with Crippen molar-refractivity contribution >= 4 is 52.1 Å². The molecule has 0 aliphatic carbocycles. The highest BCUT2D eigenvalue weighted by molar-refractivity contribution is 14.1. The number of ether oxygens (including phenoxy) is 1. The summed E-state index contributed by atoms with van der Waals surface area (Å²) in [5.74, 6) is -0.0434. The van der Waals surface area contributed by atoms with Crippen molar-refractivity contribution in [2.75, 3.05) is 0 Å². The van der Waals surface area contributed by atoms with E-state index in [0.717, 1.165) is 14.7 Å². The average Bonchev–Trinajstić information content (AvgIpc) is 2.77. The van der Waals surface area contributed by atoms with Gasteiger partial charge in [-0.15, -0.1) is 0 Å². The zero-order valence-electron chi connectivity index (χ0n) is 17.9. The second-order valence-electron chi connectivity index (χ2n) is 7.65. The van der Waals surface area contributed by atoms with Crippen molar-refractivity contribution in [3.8, 4) is 5.75 Å². The lowest BCUT2D eigenvalue weighted by molar-refractivity contribution is -0.134. The van der Waals surface area contributed by atoms with Crippen molar-refractivity contribution in [3.05, 3.63) is 97.6 Å². The van der Waals surface area contributed by atoms with E-state index in [1.165, 1.54) is 0 Å². The number of halogens is 2. The highest BCUT2D eigenvalue weighted by Crippen LogP contribution is 2.21. The number of nitrogens with one attached hydrogen (secondary N) is 1. The van der Waals surface area contributed by atoms with Crippen LogP contribution in [0, 0.1) is 10.5 Å². The van der Waals surface area contributed by atoms with Crippen LogP contribution in [0.15, 0.2) is 71.8 Å². The van der Waals surface area contributed by atoms with Crippen molar-refractivity contribution in [1.29, 1.82) is 0 Å². The van der Waals surface area contributed by atoms with Gasteiger partial charge in [0.05, 0.1) is 6.21 Å². The maximum Gasteiger partial charge on any atom is 0.283 e. The minimum atomic E-state index is -1.17. The average molecular weight is 561 g/mol. The molecule has 0 spiro atoms. The maximum absolute atomic E-state index is 12.6. The predicted octanol–water partition coefficient (Wildman–Crippen LogP) is 5.79. The molecule has 0 saturated heterocycles. The van der Waals surface area contributed by atoms with Gasteiger partial charge in [0.25, 0.3) is 5.91 Å². The van der Waals surface area contributed by atoms with Crippen LogP contribution in [0.3, 0.4) is 0 Å². The lowest BCUT2D eigenvalue weighted by Crippen LogP contribution is -2.44. The molecule has 0 unspecified atom stereocenters. The summed E-state index contributed by atoms with van der Waals surface area (Å²) in [6.45, 7) is 5.32. The van der Waals surface area contributed by atoms with Crippen LogP contribution in [-0.4, -0.2) is 23.5 Å². The number of nitrogens with zero attached hydrogens (tertiary/aromatic N) is 1. The number of ketones is 1. The van der Waals surface area contributed by atoms with E-state index in [2.05, 4.69) is 33.1 Å². The number of amides is 1. The van der Waals surface area contributed by atoms with Gasteiger partial charge < -0.3 is 4.74 Å². The highest BCUT2D eigenvalue weighted by Gasteiger charge is 2.30. The SMILES string of the molecule is Cc1cccc(/C=N/NC(=O)C(C)(C)Oc2ccc(C(=O)c3ccc(Cl)cc3)cc2)c1I. The molecule has 0 aliphatic heterocycles. The van der Waals surface area contributed by atoms with Crippen molar-refractivity contribution < 1.29 is 14.3 Å². The molecule has 1 N–H and O–H groups in total. The molecule has 7 heteroatoms. The summed E-state index contributed by atoms with van der Waals surface area (Å²) in [5.41, 5.74) is 4.48. The number of hydrogen-bond acceptors (Lipinski definition) is 4. The van der Waals surface area contributed by atoms with Crippen molar-refractivity contribution in [2.24, 2.45) is 5.10 Å². The first-order chi connectivity index (χ1) is 15.2. The van der Waals surface area contributed by atoms with Gasteiger partial charge in [0.1, 0.15) is 5.75 Å². The first-order valence-electron chi connectivity index (χ1n) is 9.85. The number of rotatable bonds is 7. The molecule has 0 aliphatic rings. The van der Waals surface area contributed by atoms with Gasteiger partial charge >= 0.3 is 0 Å². The molecule has 3 rings (SSSR count).